The molecule has 0 aliphatic carbocycles. The summed E-state index contributed by atoms with van der Waals surface area (Å²) in [6.07, 6.45) is 3.41. The Hall–Kier alpha value is -3.64. The number of nitrogens with zero attached hydrogens (tertiary/aromatic N) is 5. The largest absolute Gasteiger partial charge is 0.383 e. The van der Waals surface area contributed by atoms with E-state index in [1.54, 1.807) is 18.2 Å². The predicted octanol–water partition coefficient (Wildman–Crippen LogP) is 4.94. The third kappa shape index (κ3) is 5.39. The summed E-state index contributed by atoms with van der Waals surface area (Å²) in [7, 11) is 2.12. The lowest BCUT2D eigenvalue weighted by Gasteiger charge is -2.29. The van der Waals surface area contributed by atoms with E-state index in [0.29, 0.717) is 43.8 Å². The molecule has 3 heterocycles. The molecule has 4 aromatic rings. The quantitative estimate of drug-likeness (QED) is 0.361. The van der Waals surface area contributed by atoms with E-state index in [2.05, 4.69) is 39.1 Å². The third-order valence-electron chi connectivity index (χ3n) is 6.49. The van der Waals surface area contributed by atoms with Gasteiger partial charge in [0.05, 0.1) is 11.4 Å². The first-order valence-electron chi connectivity index (χ1n) is 11.9. The maximum Gasteiger partial charge on any atom is 0.255 e. The number of aryl methyl sites for hydroxylation is 1. The molecule has 0 unspecified atom stereocenters. The molecule has 2 aromatic heterocycles. The first-order chi connectivity index (χ1) is 17.8. The van der Waals surface area contributed by atoms with Gasteiger partial charge in [-0.1, -0.05) is 35.2 Å². The Labute approximate surface area is 224 Å². The molecule has 1 aliphatic heterocycles. The molecule has 5 rings (SSSR count). The number of nitrogen functional groups attached to an aromatic ring is 1. The molecule has 3 N–H and O–H groups in total. The number of rotatable bonds is 3. The number of aromatic nitrogens is 4. The molecule has 10 heteroatoms. The molecule has 0 atom stereocenters. The van der Waals surface area contributed by atoms with Crippen LogP contribution in [-0.2, 0) is 0 Å². The number of benzene rings is 2. The summed E-state index contributed by atoms with van der Waals surface area (Å²) in [4.78, 5) is 23.7. The number of halogens is 2. The average Bonchev–Trinajstić information content (AvgIpc) is 3.24. The second-order valence-corrected chi connectivity index (χ2v) is 10.0. The smallest absolute Gasteiger partial charge is 0.255 e. The second-order valence-electron chi connectivity index (χ2n) is 9.18. The lowest BCUT2D eigenvalue weighted by atomic mass is 10.1. The van der Waals surface area contributed by atoms with Gasteiger partial charge >= 0.3 is 0 Å². The fraction of sp³-hybridized carbons (Fsp3) is 0.259. The third-order valence-corrected chi connectivity index (χ3v) is 6.92. The summed E-state index contributed by atoms with van der Waals surface area (Å²) in [6.45, 7) is 3.94. The molecular weight excluding hydrogens is 509 g/mol. The van der Waals surface area contributed by atoms with Crippen LogP contribution in [0.25, 0.3) is 11.0 Å². The van der Waals surface area contributed by atoms with E-state index >= 15 is 0 Å². The highest BCUT2D eigenvalue weighted by Crippen LogP contribution is 2.28. The van der Waals surface area contributed by atoms with Gasteiger partial charge in [-0.25, -0.2) is 14.6 Å². The van der Waals surface area contributed by atoms with Gasteiger partial charge in [-0.05, 0) is 81.7 Å². The monoisotopic (exact) mass is 533 g/mol. The van der Waals surface area contributed by atoms with Gasteiger partial charge in [-0.2, -0.15) is 5.10 Å². The van der Waals surface area contributed by atoms with Crippen LogP contribution in [0.5, 0.6) is 0 Å². The molecule has 1 aliphatic rings. The van der Waals surface area contributed by atoms with Gasteiger partial charge in [0.15, 0.2) is 5.65 Å². The number of likely N-dealkylation sites (tertiary alicyclic amines) is 1. The minimum absolute atomic E-state index is 0.226. The fourth-order valence-corrected chi connectivity index (χ4v) is 4.95. The lowest BCUT2D eigenvalue weighted by molar-refractivity contribution is 0.102. The van der Waals surface area contributed by atoms with Crippen molar-refractivity contribution in [2.45, 2.75) is 25.8 Å². The number of carbonyl (C=O) groups is 1. The van der Waals surface area contributed by atoms with Gasteiger partial charge in [-0.3, -0.25) is 4.79 Å². The predicted molar refractivity (Wildman–Crippen MR) is 147 cm³/mol. The van der Waals surface area contributed by atoms with Crippen molar-refractivity contribution < 1.29 is 4.79 Å². The first kappa shape index (κ1) is 25.0. The molecule has 0 radical (unpaired) electrons. The number of nitrogens with one attached hydrogen (secondary N) is 1. The number of amides is 1. The van der Waals surface area contributed by atoms with Crippen LogP contribution in [0.3, 0.4) is 0 Å². The highest BCUT2D eigenvalue weighted by molar-refractivity contribution is 6.35. The van der Waals surface area contributed by atoms with Crippen LogP contribution in [0, 0.1) is 18.8 Å². The highest BCUT2D eigenvalue weighted by atomic mass is 35.5. The van der Waals surface area contributed by atoms with Crippen molar-refractivity contribution in [3.05, 3.63) is 75.2 Å². The van der Waals surface area contributed by atoms with Gasteiger partial charge in [0.25, 0.3) is 5.91 Å². The SMILES string of the molecule is Cc1ccc(NC(=O)c2cc(Cl)cc(Cl)c2)cc1C#Cc1nn(C2CCN(C)CC2)c2ncnc(N)c12. The molecule has 1 fully saturated rings. The molecule has 188 valence electrons. The van der Waals surface area contributed by atoms with Crippen molar-refractivity contribution in [1.29, 1.82) is 0 Å². The van der Waals surface area contributed by atoms with Crippen LogP contribution in [0.4, 0.5) is 11.5 Å². The Morgan fingerprint density at radius 2 is 1.81 bits per heavy atom. The lowest BCUT2D eigenvalue weighted by Crippen LogP contribution is -2.32. The number of hydrogen-bond acceptors (Lipinski definition) is 6. The zero-order valence-corrected chi connectivity index (χ0v) is 21.9. The Balaban J connectivity index is 1.46. The number of nitrogens with two attached hydrogens (primary N) is 1. The second kappa shape index (κ2) is 10.4. The molecule has 0 spiro atoms. The maximum atomic E-state index is 12.7. The standard InChI is InChI=1S/C27H25Cl2N7O/c1-16-3-5-21(33-27(37)18-11-19(28)14-20(29)12-18)13-17(16)4-6-23-24-25(30)31-15-32-26(24)36(34-23)22-7-9-35(2)10-8-22/h3,5,11-15,22H,7-10H2,1-2H3,(H,33,37)(H2,30,31,32). The van der Waals surface area contributed by atoms with E-state index in [0.717, 1.165) is 37.1 Å². The van der Waals surface area contributed by atoms with Crippen molar-refractivity contribution in [2.24, 2.45) is 0 Å². The van der Waals surface area contributed by atoms with Crippen LogP contribution in [0.2, 0.25) is 10.0 Å². The summed E-state index contributed by atoms with van der Waals surface area (Å²) >= 11 is 12.1. The van der Waals surface area contributed by atoms with E-state index in [-0.39, 0.29) is 11.9 Å². The molecule has 0 saturated carbocycles. The zero-order chi connectivity index (χ0) is 26.1. The van der Waals surface area contributed by atoms with E-state index < -0.39 is 0 Å². The van der Waals surface area contributed by atoms with E-state index in [1.165, 1.54) is 6.33 Å². The van der Waals surface area contributed by atoms with Crippen LogP contribution in [-0.4, -0.2) is 50.7 Å². The van der Waals surface area contributed by atoms with Crippen molar-refractivity contribution >= 4 is 51.6 Å². The van der Waals surface area contributed by atoms with Crippen molar-refractivity contribution in [2.75, 3.05) is 31.2 Å². The van der Waals surface area contributed by atoms with Gasteiger partial charge in [-0.15, -0.1) is 0 Å². The zero-order valence-electron chi connectivity index (χ0n) is 20.4. The molecule has 1 saturated heterocycles. The summed E-state index contributed by atoms with van der Waals surface area (Å²) in [5.74, 6) is 6.42. The normalized spacial score (nSPS) is 14.4. The van der Waals surface area contributed by atoms with Gasteiger partial charge in [0, 0.05) is 26.9 Å². The van der Waals surface area contributed by atoms with Crippen LogP contribution in [0.15, 0.2) is 42.7 Å². The van der Waals surface area contributed by atoms with Crippen molar-refractivity contribution in [1.82, 2.24) is 24.6 Å². The summed E-state index contributed by atoms with van der Waals surface area (Å²) in [6, 6.07) is 10.5. The first-order valence-corrected chi connectivity index (χ1v) is 12.6. The number of piperidine rings is 1. The number of fused-ring (bicyclic) bond motifs is 1. The van der Waals surface area contributed by atoms with Gasteiger partial charge < -0.3 is 16.0 Å². The minimum atomic E-state index is -0.319. The number of carbonyl (C=O) groups excluding carboxylic acids is 1. The topological polar surface area (TPSA) is 102 Å². The molecule has 2 aromatic carbocycles. The maximum absolute atomic E-state index is 12.7. The number of anilines is 2. The van der Waals surface area contributed by atoms with Gasteiger partial charge in [0.2, 0.25) is 0 Å². The molecule has 37 heavy (non-hydrogen) atoms. The van der Waals surface area contributed by atoms with E-state index in [4.69, 9.17) is 34.0 Å². The minimum Gasteiger partial charge on any atom is -0.383 e. The van der Waals surface area contributed by atoms with Gasteiger partial charge in [0.1, 0.15) is 17.8 Å². The van der Waals surface area contributed by atoms with E-state index in [9.17, 15) is 4.79 Å². The highest BCUT2D eigenvalue weighted by Gasteiger charge is 2.24. The molecular formula is C27H25Cl2N7O. The summed E-state index contributed by atoms with van der Waals surface area (Å²) in [5, 5.41) is 9.14. The Morgan fingerprint density at radius 3 is 2.54 bits per heavy atom. The van der Waals surface area contributed by atoms with Crippen molar-refractivity contribution in [3.8, 4) is 11.8 Å². The summed E-state index contributed by atoms with van der Waals surface area (Å²) < 4.78 is 1.95. The fourth-order valence-electron chi connectivity index (χ4n) is 4.43. The molecule has 8 nitrogen and oxygen atoms in total. The van der Waals surface area contributed by atoms with E-state index in [1.807, 2.05) is 29.8 Å². The summed E-state index contributed by atoms with van der Waals surface area (Å²) in [5.41, 5.74) is 10.1. The van der Waals surface area contributed by atoms with Crippen LogP contribution >= 0.6 is 23.2 Å². The number of hydrogen-bond donors (Lipinski definition) is 2. The van der Waals surface area contributed by atoms with Crippen molar-refractivity contribution in [3.63, 3.8) is 0 Å². The average molecular weight is 534 g/mol. The molecule has 0 bridgehead atoms. The van der Waals surface area contributed by atoms with Crippen LogP contribution < -0.4 is 11.1 Å². The Kier molecular flexibility index (Phi) is 7.02. The molecule has 1 amide bonds. The van der Waals surface area contributed by atoms with Crippen LogP contribution in [0.1, 0.15) is 46.1 Å². The Bertz CT molecular complexity index is 1540. The Morgan fingerprint density at radius 1 is 1.08 bits per heavy atom.